The molecule has 206 valence electrons. The summed E-state index contributed by atoms with van der Waals surface area (Å²) in [4.78, 5) is 65.8. The largest absolute Gasteiger partial charge is 0.453 e. The van der Waals surface area contributed by atoms with Gasteiger partial charge in [-0.15, -0.1) is 0 Å². The van der Waals surface area contributed by atoms with Crippen LogP contribution in [0.15, 0.2) is 23.9 Å². The summed E-state index contributed by atoms with van der Waals surface area (Å²) in [6, 6.07) is -2.91. The summed E-state index contributed by atoms with van der Waals surface area (Å²) in [6.45, 7) is 10.3. The summed E-state index contributed by atoms with van der Waals surface area (Å²) in [5, 5.41) is 10.7. The van der Waals surface area contributed by atoms with Crippen molar-refractivity contribution >= 4 is 51.2 Å². The van der Waals surface area contributed by atoms with Crippen LogP contribution in [-0.2, 0) is 28.7 Å². The molecule has 10 nitrogen and oxygen atoms in total. The molecule has 0 spiro atoms. The number of nitrogens with one attached hydrogen (secondary N) is 4. The fourth-order valence-corrected chi connectivity index (χ4v) is 5.92. The van der Waals surface area contributed by atoms with E-state index in [1.165, 1.54) is 27.7 Å². The minimum Gasteiger partial charge on any atom is -0.453 e. The standard InChI is InChI=1S/C25H38N4O6S2/c1-7-16-21(31)29-20(15(4)5)24(34)35-25(6)10-8-9-11-36-37-13-17(22(32)26-16)27-23(33)19(14(2)3)28-18(30)12-25/h7-8,10,14-15,17,19-20H,9,11-13H2,1-6H3,(H,26,32)(H,27,33)(H,28,30)(H,29,31)/b10-8+,16-7-/t17-,19-,20+,25-/m1/s1. The Hall–Kier alpha value is -2.47. The van der Waals surface area contributed by atoms with Crippen molar-refractivity contribution in [2.75, 3.05) is 11.5 Å². The first kappa shape index (κ1) is 30.8. The fraction of sp³-hybridized carbons (Fsp3) is 0.640. The quantitative estimate of drug-likeness (QED) is 0.175. The molecule has 1 saturated heterocycles. The number of rotatable bonds is 2. The SMILES string of the molecule is C/C=C1\NC(=O)[C@H]2CSSCC/C=C/[C@](C)(CC(=O)N[C@H](C(C)C)C(=O)N2)OC(=O)[C@H](C(C)C)NC1=O. The number of ether oxygens (including phenoxy) is 1. The van der Waals surface area contributed by atoms with Gasteiger partial charge in [0.05, 0.1) is 6.42 Å². The second kappa shape index (κ2) is 13.9. The molecular weight excluding hydrogens is 516 g/mol. The van der Waals surface area contributed by atoms with Crippen LogP contribution >= 0.6 is 21.6 Å². The van der Waals surface area contributed by atoms with Crippen LogP contribution in [0.4, 0.5) is 0 Å². The summed E-state index contributed by atoms with van der Waals surface area (Å²) < 4.78 is 5.84. The van der Waals surface area contributed by atoms with Gasteiger partial charge in [-0.2, -0.15) is 0 Å². The molecule has 2 aliphatic heterocycles. The lowest BCUT2D eigenvalue weighted by molar-refractivity contribution is -0.160. The normalized spacial score (nSPS) is 31.2. The monoisotopic (exact) mass is 554 g/mol. The van der Waals surface area contributed by atoms with Gasteiger partial charge in [-0.25, -0.2) is 4.79 Å². The van der Waals surface area contributed by atoms with Gasteiger partial charge in [-0.3, -0.25) is 19.2 Å². The van der Waals surface area contributed by atoms with Crippen LogP contribution in [0.1, 0.15) is 54.4 Å². The van der Waals surface area contributed by atoms with Gasteiger partial charge in [0.25, 0.3) is 5.91 Å². The summed E-state index contributed by atoms with van der Waals surface area (Å²) >= 11 is 0. The lowest BCUT2D eigenvalue weighted by atomic mass is 9.97. The van der Waals surface area contributed by atoms with Crippen LogP contribution < -0.4 is 21.3 Å². The van der Waals surface area contributed by atoms with Crippen LogP contribution in [0, 0.1) is 11.8 Å². The van der Waals surface area contributed by atoms with Crippen LogP contribution in [0.3, 0.4) is 0 Å². The van der Waals surface area contributed by atoms with Gasteiger partial charge in [0.15, 0.2) is 0 Å². The third-order valence-corrected chi connectivity index (χ3v) is 8.35. The van der Waals surface area contributed by atoms with Crippen molar-refractivity contribution < 1.29 is 28.7 Å². The topological polar surface area (TPSA) is 143 Å². The summed E-state index contributed by atoms with van der Waals surface area (Å²) in [6.07, 6.45) is 5.37. The van der Waals surface area contributed by atoms with Gasteiger partial charge in [0.1, 0.15) is 29.4 Å². The fourth-order valence-electron chi connectivity index (χ4n) is 3.77. The molecule has 0 aliphatic carbocycles. The van der Waals surface area contributed by atoms with E-state index in [0.29, 0.717) is 12.2 Å². The molecule has 0 aromatic heterocycles. The highest BCUT2D eigenvalue weighted by molar-refractivity contribution is 8.76. The second-order valence-electron chi connectivity index (χ2n) is 9.95. The molecular formula is C25H38N4O6S2. The molecule has 0 saturated carbocycles. The molecule has 37 heavy (non-hydrogen) atoms. The van der Waals surface area contributed by atoms with Gasteiger partial charge in [-0.1, -0.05) is 61.4 Å². The molecule has 4 amide bonds. The molecule has 4 atom stereocenters. The van der Waals surface area contributed by atoms with E-state index in [4.69, 9.17) is 4.74 Å². The van der Waals surface area contributed by atoms with Gasteiger partial charge >= 0.3 is 5.97 Å². The van der Waals surface area contributed by atoms with Gasteiger partial charge in [0.2, 0.25) is 17.7 Å². The molecule has 1 fully saturated rings. The number of carbonyl (C=O) groups excluding carboxylic acids is 5. The Kier molecular flexibility index (Phi) is 11.5. The number of hydrogen-bond donors (Lipinski definition) is 4. The first-order valence-electron chi connectivity index (χ1n) is 12.4. The maximum atomic E-state index is 13.3. The molecule has 2 bridgehead atoms. The molecule has 0 aromatic carbocycles. The average Bonchev–Trinajstić information content (AvgIpc) is 2.80. The molecule has 4 N–H and O–H groups in total. The molecule has 2 aliphatic rings. The number of esters is 1. The van der Waals surface area contributed by atoms with Gasteiger partial charge < -0.3 is 26.0 Å². The van der Waals surface area contributed by atoms with Crippen molar-refractivity contribution in [3.05, 3.63) is 23.9 Å². The zero-order valence-corrected chi connectivity index (χ0v) is 23.8. The van der Waals surface area contributed by atoms with Crippen molar-refractivity contribution in [1.82, 2.24) is 21.3 Å². The number of allylic oxidation sites excluding steroid dienone is 2. The predicted octanol–water partition coefficient (Wildman–Crippen LogP) is 1.82. The van der Waals surface area contributed by atoms with E-state index in [0.717, 1.165) is 0 Å². The first-order valence-corrected chi connectivity index (χ1v) is 14.9. The summed E-state index contributed by atoms with van der Waals surface area (Å²) in [5.74, 6) is -2.62. The molecule has 2 heterocycles. The Morgan fingerprint density at radius 1 is 0.973 bits per heavy atom. The van der Waals surface area contributed by atoms with E-state index < -0.39 is 53.3 Å². The zero-order chi connectivity index (χ0) is 27.8. The average molecular weight is 555 g/mol. The Labute approximate surface area is 226 Å². The maximum Gasteiger partial charge on any atom is 0.329 e. The zero-order valence-electron chi connectivity index (χ0n) is 22.2. The van der Waals surface area contributed by atoms with E-state index in [2.05, 4.69) is 21.3 Å². The van der Waals surface area contributed by atoms with Crippen LogP contribution in [-0.4, -0.2) is 64.8 Å². The summed E-state index contributed by atoms with van der Waals surface area (Å²) in [5.41, 5.74) is -1.36. The Morgan fingerprint density at radius 3 is 2.27 bits per heavy atom. The minimum absolute atomic E-state index is 0.0480. The lowest BCUT2D eigenvalue weighted by Crippen LogP contribution is -2.57. The number of amides is 4. The highest BCUT2D eigenvalue weighted by Gasteiger charge is 2.37. The third-order valence-electron chi connectivity index (χ3n) is 5.90. The highest BCUT2D eigenvalue weighted by Crippen LogP contribution is 2.26. The smallest absolute Gasteiger partial charge is 0.329 e. The highest BCUT2D eigenvalue weighted by atomic mass is 33.1. The Balaban J connectivity index is 2.62. The number of fused-ring (bicyclic) bond motifs is 7. The maximum absolute atomic E-state index is 13.3. The molecule has 0 radical (unpaired) electrons. The van der Waals surface area contributed by atoms with E-state index in [1.54, 1.807) is 47.6 Å². The third kappa shape index (κ3) is 9.10. The molecule has 0 aromatic rings. The predicted molar refractivity (Wildman–Crippen MR) is 145 cm³/mol. The van der Waals surface area contributed by atoms with Crippen LogP contribution in [0.5, 0.6) is 0 Å². The molecule has 12 heteroatoms. The second-order valence-corrected chi connectivity index (χ2v) is 12.6. The van der Waals surface area contributed by atoms with E-state index >= 15 is 0 Å². The Bertz CT molecular complexity index is 951. The Morgan fingerprint density at radius 2 is 1.65 bits per heavy atom. The van der Waals surface area contributed by atoms with E-state index in [9.17, 15) is 24.0 Å². The number of hydrogen-bond acceptors (Lipinski definition) is 8. The molecule has 0 unspecified atom stereocenters. The summed E-state index contributed by atoms with van der Waals surface area (Å²) in [7, 11) is 2.95. The van der Waals surface area contributed by atoms with Crippen molar-refractivity contribution in [1.29, 1.82) is 0 Å². The van der Waals surface area contributed by atoms with Gasteiger partial charge in [0, 0.05) is 11.5 Å². The van der Waals surface area contributed by atoms with Crippen molar-refractivity contribution in [2.24, 2.45) is 11.8 Å². The molecule has 2 rings (SSSR count). The number of carbonyl (C=O) groups is 5. The lowest BCUT2D eigenvalue weighted by Gasteiger charge is -2.31. The van der Waals surface area contributed by atoms with Crippen molar-refractivity contribution in [3.63, 3.8) is 0 Å². The van der Waals surface area contributed by atoms with Crippen LogP contribution in [0.2, 0.25) is 0 Å². The van der Waals surface area contributed by atoms with Crippen molar-refractivity contribution in [2.45, 2.75) is 78.1 Å². The van der Waals surface area contributed by atoms with E-state index in [1.807, 2.05) is 6.08 Å². The minimum atomic E-state index is -1.31. The van der Waals surface area contributed by atoms with Crippen LogP contribution in [0.25, 0.3) is 0 Å². The first-order chi connectivity index (χ1) is 17.4. The van der Waals surface area contributed by atoms with Crippen molar-refractivity contribution in [3.8, 4) is 0 Å². The van der Waals surface area contributed by atoms with Gasteiger partial charge in [-0.05, 0) is 38.2 Å². The van der Waals surface area contributed by atoms with E-state index in [-0.39, 0.29) is 29.7 Å².